The standard InChI is InChI=1S/C13H15F6N.ClH/c1-7(2)5-11(20)9-6-8(12(14,15)16)3-4-10(9)13(17,18)19;/h3-4,6-7,11H,5,20H2,1-2H3;1H/t11-;/m0./s1. The minimum Gasteiger partial charge on any atom is -0.324 e. The molecule has 0 spiro atoms. The molecule has 0 aliphatic carbocycles. The molecule has 1 atom stereocenters. The molecular formula is C13H16ClF6N. The lowest BCUT2D eigenvalue weighted by Gasteiger charge is -2.21. The van der Waals surface area contributed by atoms with Crippen molar-refractivity contribution >= 4 is 12.4 Å². The van der Waals surface area contributed by atoms with E-state index in [0.29, 0.717) is 18.2 Å². The maximum Gasteiger partial charge on any atom is 0.416 e. The van der Waals surface area contributed by atoms with Crippen LogP contribution in [0.1, 0.15) is 43.0 Å². The highest BCUT2D eigenvalue weighted by atomic mass is 35.5. The first-order chi connectivity index (χ1) is 8.93. The van der Waals surface area contributed by atoms with Crippen molar-refractivity contribution in [3.05, 3.63) is 34.9 Å². The highest BCUT2D eigenvalue weighted by Crippen LogP contribution is 2.39. The molecule has 0 amide bonds. The van der Waals surface area contributed by atoms with Gasteiger partial charge in [0.25, 0.3) is 0 Å². The van der Waals surface area contributed by atoms with Crippen molar-refractivity contribution in [3.8, 4) is 0 Å². The quantitative estimate of drug-likeness (QED) is 0.756. The lowest BCUT2D eigenvalue weighted by atomic mass is 9.92. The molecule has 0 bridgehead atoms. The van der Waals surface area contributed by atoms with Crippen LogP contribution in [0.4, 0.5) is 26.3 Å². The molecule has 1 rings (SSSR count). The molecule has 0 aliphatic heterocycles. The minimum absolute atomic E-state index is 0. The lowest BCUT2D eigenvalue weighted by Crippen LogP contribution is -2.20. The van der Waals surface area contributed by atoms with Crippen LogP contribution in [-0.2, 0) is 12.4 Å². The molecule has 0 fully saturated rings. The zero-order chi connectivity index (χ0) is 15.7. The van der Waals surface area contributed by atoms with Crippen molar-refractivity contribution in [2.75, 3.05) is 0 Å². The number of nitrogens with two attached hydrogens (primary N) is 1. The van der Waals surface area contributed by atoms with E-state index in [1.165, 1.54) is 0 Å². The summed E-state index contributed by atoms with van der Waals surface area (Å²) in [5.74, 6) is -0.0272. The summed E-state index contributed by atoms with van der Waals surface area (Å²) in [7, 11) is 0. The summed E-state index contributed by atoms with van der Waals surface area (Å²) in [5.41, 5.74) is 2.89. The smallest absolute Gasteiger partial charge is 0.324 e. The Morgan fingerprint density at radius 1 is 1.00 bits per heavy atom. The highest BCUT2D eigenvalue weighted by Gasteiger charge is 2.38. The maximum absolute atomic E-state index is 12.8. The van der Waals surface area contributed by atoms with Gasteiger partial charge in [0.1, 0.15) is 0 Å². The van der Waals surface area contributed by atoms with Crippen molar-refractivity contribution in [1.29, 1.82) is 0 Å². The molecular weight excluding hydrogens is 320 g/mol. The SMILES string of the molecule is CC(C)C[C@H](N)c1cc(C(F)(F)F)ccc1C(F)(F)F.Cl. The lowest BCUT2D eigenvalue weighted by molar-refractivity contribution is -0.142. The molecule has 1 nitrogen and oxygen atoms in total. The molecule has 0 radical (unpaired) electrons. The van der Waals surface area contributed by atoms with E-state index in [-0.39, 0.29) is 24.7 Å². The second-order valence-electron chi connectivity index (χ2n) is 5.03. The van der Waals surface area contributed by atoms with Gasteiger partial charge >= 0.3 is 12.4 Å². The fraction of sp³-hybridized carbons (Fsp3) is 0.538. The third-order valence-corrected chi connectivity index (χ3v) is 2.81. The molecule has 1 aromatic carbocycles. The Kier molecular flexibility index (Phi) is 6.56. The van der Waals surface area contributed by atoms with E-state index in [2.05, 4.69) is 0 Å². The van der Waals surface area contributed by atoms with Crippen LogP contribution in [0, 0.1) is 5.92 Å². The number of rotatable bonds is 3. The number of alkyl halides is 6. The summed E-state index contributed by atoms with van der Waals surface area (Å²) in [6.45, 7) is 3.47. The van der Waals surface area contributed by atoms with Crippen molar-refractivity contribution in [2.45, 2.75) is 38.7 Å². The molecule has 1 aromatic rings. The van der Waals surface area contributed by atoms with Gasteiger partial charge in [0.05, 0.1) is 11.1 Å². The predicted octanol–water partition coefficient (Wildman–Crippen LogP) is 5.19. The molecule has 0 aromatic heterocycles. The summed E-state index contributed by atoms with van der Waals surface area (Å²) in [5, 5.41) is 0. The van der Waals surface area contributed by atoms with Gasteiger partial charge < -0.3 is 5.73 Å². The van der Waals surface area contributed by atoms with Crippen LogP contribution in [0.2, 0.25) is 0 Å². The number of halogens is 7. The van der Waals surface area contributed by atoms with Crippen molar-refractivity contribution in [2.24, 2.45) is 11.7 Å². The van der Waals surface area contributed by atoms with Crippen LogP contribution < -0.4 is 5.73 Å². The van der Waals surface area contributed by atoms with E-state index in [1.54, 1.807) is 13.8 Å². The average molecular weight is 336 g/mol. The largest absolute Gasteiger partial charge is 0.416 e. The number of hydrogen-bond donors (Lipinski definition) is 1. The van der Waals surface area contributed by atoms with Gasteiger partial charge in [-0.15, -0.1) is 12.4 Å². The number of hydrogen-bond acceptors (Lipinski definition) is 1. The average Bonchev–Trinajstić information content (AvgIpc) is 2.24. The van der Waals surface area contributed by atoms with Crippen molar-refractivity contribution < 1.29 is 26.3 Å². The van der Waals surface area contributed by atoms with Crippen molar-refractivity contribution in [3.63, 3.8) is 0 Å². The molecule has 2 N–H and O–H groups in total. The van der Waals surface area contributed by atoms with Gasteiger partial charge in [-0.1, -0.05) is 13.8 Å². The number of benzene rings is 1. The van der Waals surface area contributed by atoms with Crippen LogP contribution in [-0.4, -0.2) is 0 Å². The van der Waals surface area contributed by atoms with Crippen LogP contribution in [0.15, 0.2) is 18.2 Å². The predicted molar refractivity (Wildman–Crippen MR) is 70.1 cm³/mol. The first-order valence-electron chi connectivity index (χ1n) is 5.97. The van der Waals surface area contributed by atoms with Gasteiger partial charge in [-0.2, -0.15) is 26.3 Å². The molecule has 122 valence electrons. The molecule has 21 heavy (non-hydrogen) atoms. The Hall–Kier alpha value is -0.950. The van der Waals surface area contributed by atoms with Gasteiger partial charge in [-0.3, -0.25) is 0 Å². The van der Waals surface area contributed by atoms with Crippen LogP contribution in [0.5, 0.6) is 0 Å². The summed E-state index contributed by atoms with van der Waals surface area (Å²) >= 11 is 0. The molecule has 8 heteroatoms. The van der Waals surface area contributed by atoms with E-state index in [0.717, 1.165) is 0 Å². The first-order valence-corrected chi connectivity index (χ1v) is 5.97. The topological polar surface area (TPSA) is 26.0 Å². The summed E-state index contributed by atoms with van der Waals surface area (Å²) in [6, 6.07) is 0.275. The van der Waals surface area contributed by atoms with Gasteiger partial charge in [0, 0.05) is 6.04 Å². The summed E-state index contributed by atoms with van der Waals surface area (Å²) in [6.07, 6.45) is -9.26. The van der Waals surface area contributed by atoms with E-state index in [9.17, 15) is 26.3 Å². The van der Waals surface area contributed by atoms with Crippen molar-refractivity contribution in [1.82, 2.24) is 0 Å². The second-order valence-corrected chi connectivity index (χ2v) is 5.03. The zero-order valence-corrected chi connectivity index (χ0v) is 12.2. The van der Waals surface area contributed by atoms with Gasteiger partial charge in [-0.25, -0.2) is 0 Å². The Bertz CT molecular complexity index is 467. The Labute approximate surface area is 124 Å². The van der Waals surface area contributed by atoms with Gasteiger partial charge in [-0.05, 0) is 36.1 Å². The Morgan fingerprint density at radius 3 is 1.90 bits per heavy atom. The molecule has 0 heterocycles. The second kappa shape index (κ2) is 6.87. The normalized spacial score (nSPS) is 14.0. The fourth-order valence-electron chi connectivity index (χ4n) is 1.94. The zero-order valence-electron chi connectivity index (χ0n) is 11.3. The third-order valence-electron chi connectivity index (χ3n) is 2.81. The first kappa shape index (κ1) is 20.1. The van der Waals surface area contributed by atoms with E-state index in [4.69, 9.17) is 5.73 Å². The van der Waals surface area contributed by atoms with Crippen LogP contribution >= 0.6 is 12.4 Å². The summed E-state index contributed by atoms with van der Waals surface area (Å²) < 4.78 is 76.3. The molecule has 0 aliphatic rings. The van der Waals surface area contributed by atoms with E-state index in [1.807, 2.05) is 0 Å². The molecule has 0 saturated heterocycles. The third kappa shape index (κ3) is 5.39. The van der Waals surface area contributed by atoms with Gasteiger partial charge in [0.2, 0.25) is 0 Å². The molecule has 0 saturated carbocycles. The van der Waals surface area contributed by atoms with E-state index >= 15 is 0 Å². The minimum atomic E-state index is -4.73. The highest BCUT2D eigenvalue weighted by molar-refractivity contribution is 5.85. The summed E-state index contributed by atoms with van der Waals surface area (Å²) in [4.78, 5) is 0. The van der Waals surface area contributed by atoms with Gasteiger partial charge in [0.15, 0.2) is 0 Å². The van der Waals surface area contributed by atoms with Crippen LogP contribution in [0.3, 0.4) is 0 Å². The maximum atomic E-state index is 12.8. The Morgan fingerprint density at radius 2 is 1.52 bits per heavy atom. The fourth-order valence-corrected chi connectivity index (χ4v) is 1.94. The Balaban J connectivity index is 0.00000400. The van der Waals surface area contributed by atoms with Crippen LogP contribution in [0.25, 0.3) is 0 Å². The van der Waals surface area contributed by atoms with E-state index < -0.39 is 35.1 Å². The monoisotopic (exact) mass is 335 g/mol. The molecule has 0 unspecified atom stereocenters.